The quantitative estimate of drug-likeness (QED) is 0.873. The lowest BCUT2D eigenvalue weighted by molar-refractivity contribution is 0.411. The van der Waals surface area contributed by atoms with E-state index in [9.17, 15) is 0 Å². The van der Waals surface area contributed by atoms with Gasteiger partial charge in [-0.25, -0.2) is 0 Å². The molecule has 2 rings (SSSR count). The highest BCUT2D eigenvalue weighted by molar-refractivity contribution is 7.97. The average molecular weight is 277 g/mol. The Labute approximate surface area is 118 Å². The molecule has 1 aromatic carbocycles. The number of methoxy groups -OCH3 is 1. The molecular formula is C15H19NO2S. The number of hydrogen-bond donors (Lipinski definition) is 1. The van der Waals surface area contributed by atoms with Gasteiger partial charge in [-0.3, -0.25) is 0 Å². The third-order valence-electron chi connectivity index (χ3n) is 2.91. The largest absolute Gasteiger partial charge is 0.496 e. The molecule has 0 saturated heterocycles. The van der Waals surface area contributed by atoms with Gasteiger partial charge in [0.1, 0.15) is 11.5 Å². The van der Waals surface area contributed by atoms with Gasteiger partial charge in [-0.15, -0.1) is 11.8 Å². The van der Waals surface area contributed by atoms with Crippen molar-refractivity contribution in [3.63, 3.8) is 0 Å². The van der Waals surface area contributed by atoms with E-state index in [4.69, 9.17) is 14.9 Å². The van der Waals surface area contributed by atoms with E-state index in [2.05, 4.69) is 6.07 Å². The van der Waals surface area contributed by atoms with Crippen molar-refractivity contribution in [3.8, 4) is 5.75 Å². The van der Waals surface area contributed by atoms with Gasteiger partial charge in [-0.1, -0.05) is 6.07 Å². The fourth-order valence-corrected chi connectivity index (χ4v) is 2.76. The molecule has 2 N–H and O–H groups in total. The maximum absolute atomic E-state index is 5.92. The minimum atomic E-state index is 0.0414. The molecule has 1 unspecified atom stereocenters. The zero-order valence-corrected chi connectivity index (χ0v) is 12.1. The molecule has 3 nitrogen and oxygen atoms in total. The van der Waals surface area contributed by atoms with Crippen molar-refractivity contribution >= 4 is 11.8 Å². The molecule has 0 saturated carbocycles. The van der Waals surface area contributed by atoms with Crippen LogP contribution in [0, 0.1) is 0 Å². The number of ether oxygens (including phenoxy) is 1. The van der Waals surface area contributed by atoms with Gasteiger partial charge >= 0.3 is 0 Å². The molecule has 19 heavy (non-hydrogen) atoms. The van der Waals surface area contributed by atoms with Crippen molar-refractivity contribution < 1.29 is 9.15 Å². The maximum Gasteiger partial charge on any atom is 0.122 e. The third kappa shape index (κ3) is 3.78. The summed E-state index contributed by atoms with van der Waals surface area (Å²) in [7, 11) is 1.70. The van der Waals surface area contributed by atoms with Crippen molar-refractivity contribution in [1.29, 1.82) is 0 Å². The zero-order valence-electron chi connectivity index (χ0n) is 11.3. The van der Waals surface area contributed by atoms with Crippen LogP contribution in [0.1, 0.15) is 29.9 Å². The summed E-state index contributed by atoms with van der Waals surface area (Å²) in [6.45, 7) is 1.99. The molecule has 2 aromatic rings. The average Bonchev–Trinajstić information content (AvgIpc) is 2.91. The number of hydrogen-bond acceptors (Lipinski definition) is 4. The topological polar surface area (TPSA) is 48.4 Å². The predicted molar refractivity (Wildman–Crippen MR) is 79.3 cm³/mol. The van der Waals surface area contributed by atoms with Crippen molar-refractivity contribution in [2.24, 2.45) is 5.73 Å². The van der Waals surface area contributed by atoms with E-state index in [1.165, 1.54) is 5.56 Å². The zero-order chi connectivity index (χ0) is 13.7. The standard InChI is InChI=1S/C15H19NO2S/c1-11(16)12-5-6-15(17-2)13(8-12)9-19-10-14-4-3-7-18-14/h3-8,11H,9-10,16H2,1-2H3. The molecule has 1 aromatic heterocycles. The monoisotopic (exact) mass is 277 g/mol. The molecule has 0 amide bonds. The van der Waals surface area contributed by atoms with Crippen LogP contribution in [0.25, 0.3) is 0 Å². The van der Waals surface area contributed by atoms with Gasteiger partial charge in [-0.05, 0) is 36.8 Å². The summed E-state index contributed by atoms with van der Waals surface area (Å²) in [5, 5.41) is 0. The number of rotatable bonds is 6. The van der Waals surface area contributed by atoms with Crippen LogP contribution in [0.5, 0.6) is 5.75 Å². The van der Waals surface area contributed by atoms with Crippen molar-refractivity contribution in [2.45, 2.75) is 24.5 Å². The summed E-state index contributed by atoms with van der Waals surface area (Å²) in [5.74, 6) is 3.65. The highest BCUT2D eigenvalue weighted by Gasteiger charge is 2.07. The van der Waals surface area contributed by atoms with Crippen LogP contribution >= 0.6 is 11.8 Å². The van der Waals surface area contributed by atoms with Crippen LogP contribution in [0.3, 0.4) is 0 Å². The lowest BCUT2D eigenvalue weighted by Gasteiger charge is -2.12. The van der Waals surface area contributed by atoms with Gasteiger partial charge in [-0.2, -0.15) is 0 Å². The Hall–Kier alpha value is -1.39. The Kier molecular flexibility index (Phi) is 4.93. The summed E-state index contributed by atoms with van der Waals surface area (Å²) in [5.41, 5.74) is 8.23. The second-order valence-electron chi connectivity index (χ2n) is 4.43. The van der Waals surface area contributed by atoms with Crippen LogP contribution in [0.2, 0.25) is 0 Å². The van der Waals surface area contributed by atoms with E-state index in [1.54, 1.807) is 25.1 Å². The second kappa shape index (κ2) is 6.68. The van der Waals surface area contributed by atoms with Gasteiger partial charge in [0.25, 0.3) is 0 Å². The number of thioether (sulfide) groups is 1. The van der Waals surface area contributed by atoms with Crippen LogP contribution in [0.15, 0.2) is 41.0 Å². The Bertz CT molecular complexity index is 509. The summed E-state index contributed by atoms with van der Waals surface area (Å²) in [6, 6.07) is 10.1. The lowest BCUT2D eigenvalue weighted by Crippen LogP contribution is -2.05. The molecule has 0 fully saturated rings. The van der Waals surface area contributed by atoms with Crippen molar-refractivity contribution in [3.05, 3.63) is 53.5 Å². The van der Waals surface area contributed by atoms with Gasteiger partial charge in [0, 0.05) is 17.4 Å². The van der Waals surface area contributed by atoms with Gasteiger partial charge in [0.15, 0.2) is 0 Å². The molecule has 0 aliphatic rings. The molecule has 102 valence electrons. The molecule has 0 bridgehead atoms. The van der Waals surface area contributed by atoms with E-state index >= 15 is 0 Å². The maximum atomic E-state index is 5.92. The van der Waals surface area contributed by atoms with Crippen molar-refractivity contribution in [1.82, 2.24) is 0 Å². The van der Waals surface area contributed by atoms with E-state index in [1.807, 2.05) is 31.2 Å². The first-order valence-electron chi connectivity index (χ1n) is 6.23. The number of nitrogens with two attached hydrogens (primary N) is 1. The summed E-state index contributed by atoms with van der Waals surface area (Å²) >= 11 is 1.80. The molecule has 0 radical (unpaired) electrons. The Balaban J connectivity index is 2.02. The lowest BCUT2D eigenvalue weighted by atomic mass is 10.1. The molecule has 0 aliphatic heterocycles. The third-order valence-corrected chi connectivity index (χ3v) is 3.92. The Morgan fingerprint density at radius 1 is 1.32 bits per heavy atom. The molecule has 1 heterocycles. The number of furan rings is 1. The Morgan fingerprint density at radius 3 is 2.79 bits per heavy atom. The van der Waals surface area contributed by atoms with Gasteiger partial charge in [0.05, 0.1) is 19.1 Å². The van der Waals surface area contributed by atoms with E-state index < -0.39 is 0 Å². The van der Waals surface area contributed by atoms with Gasteiger partial charge in [0.2, 0.25) is 0 Å². The second-order valence-corrected chi connectivity index (χ2v) is 5.42. The smallest absolute Gasteiger partial charge is 0.122 e. The first-order chi connectivity index (χ1) is 9.20. The molecule has 4 heteroatoms. The highest BCUT2D eigenvalue weighted by atomic mass is 32.2. The van der Waals surface area contributed by atoms with Crippen molar-refractivity contribution in [2.75, 3.05) is 7.11 Å². The predicted octanol–water partition coefficient (Wildman–Crippen LogP) is 3.74. The molecule has 0 aliphatic carbocycles. The number of benzene rings is 1. The van der Waals surface area contributed by atoms with Crippen LogP contribution in [-0.4, -0.2) is 7.11 Å². The minimum absolute atomic E-state index is 0.0414. The highest BCUT2D eigenvalue weighted by Crippen LogP contribution is 2.27. The van der Waals surface area contributed by atoms with E-state index in [0.29, 0.717) is 0 Å². The minimum Gasteiger partial charge on any atom is -0.496 e. The molecule has 1 atom stereocenters. The summed E-state index contributed by atoms with van der Waals surface area (Å²) < 4.78 is 10.7. The first-order valence-corrected chi connectivity index (χ1v) is 7.38. The summed E-state index contributed by atoms with van der Waals surface area (Å²) in [4.78, 5) is 0. The Morgan fingerprint density at radius 2 is 2.16 bits per heavy atom. The molecule has 0 spiro atoms. The fraction of sp³-hybridized carbons (Fsp3) is 0.333. The normalized spacial score (nSPS) is 12.4. The van der Waals surface area contributed by atoms with Crippen LogP contribution < -0.4 is 10.5 Å². The van der Waals surface area contributed by atoms with Gasteiger partial charge < -0.3 is 14.9 Å². The van der Waals surface area contributed by atoms with E-state index in [0.717, 1.165) is 28.6 Å². The SMILES string of the molecule is COc1ccc(C(C)N)cc1CSCc1ccco1. The summed E-state index contributed by atoms with van der Waals surface area (Å²) in [6.07, 6.45) is 1.70. The van der Waals surface area contributed by atoms with Crippen LogP contribution in [0.4, 0.5) is 0 Å². The molecular weight excluding hydrogens is 258 g/mol. The first kappa shape index (κ1) is 14.0. The fourth-order valence-electron chi connectivity index (χ4n) is 1.85. The van der Waals surface area contributed by atoms with Crippen LogP contribution in [-0.2, 0) is 11.5 Å². The van der Waals surface area contributed by atoms with E-state index in [-0.39, 0.29) is 6.04 Å².